The van der Waals surface area contributed by atoms with E-state index in [0.29, 0.717) is 0 Å². The van der Waals surface area contributed by atoms with Gasteiger partial charge in [0, 0.05) is 0 Å². The quantitative estimate of drug-likeness (QED) is 0.913. The molecule has 1 aromatic heterocycles. The minimum absolute atomic E-state index is 0.0442. The smallest absolute Gasteiger partial charge is 0.123 e. The van der Waals surface area contributed by atoms with Gasteiger partial charge in [-0.1, -0.05) is 23.9 Å². The van der Waals surface area contributed by atoms with E-state index in [0.717, 1.165) is 34.5 Å². The van der Waals surface area contributed by atoms with Crippen molar-refractivity contribution in [3.63, 3.8) is 0 Å². The van der Waals surface area contributed by atoms with Gasteiger partial charge in [-0.25, -0.2) is 4.39 Å². The number of halogens is 1. The minimum atomic E-state index is -0.213. The summed E-state index contributed by atoms with van der Waals surface area (Å²) < 4.78 is 17.5. The fraction of sp³-hybridized carbons (Fsp3) is 0.429. The first-order valence-electron chi connectivity index (χ1n) is 6.41. The lowest BCUT2D eigenvalue weighted by atomic mass is 9.98. The zero-order chi connectivity index (χ0) is 13.8. The number of aromatic nitrogens is 2. The average Bonchev–Trinajstić information content (AvgIpc) is 2.83. The molecule has 0 fully saturated rings. The van der Waals surface area contributed by atoms with Crippen molar-refractivity contribution in [2.45, 2.75) is 32.7 Å². The van der Waals surface area contributed by atoms with Crippen LogP contribution in [0.2, 0.25) is 0 Å². The fourth-order valence-electron chi connectivity index (χ4n) is 2.20. The van der Waals surface area contributed by atoms with Gasteiger partial charge in [0.05, 0.1) is 16.6 Å². The van der Waals surface area contributed by atoms with Gasteiger partial charge < -0.3 is 5.32 Å². The molecular weight excluding hydrogens is 261 g/mol. The molecule has 1 N–H and O–H groups in total. The molecule has 2 rings (SSSR count). The summed E-state index contributed by atoms with van der Waals surface area (Å²) in [6, 6.07) is 4.84. The monoisotopic (exact) mass is 279 g/mol. The molecule has 5 heteroatoms. The van der Waals surface area contributed by atoms with Gasteiger partial charge in [-0.05, 0) is 55.2 Å². The van der Waals surface area contributed by atoms with Crippen LogP contribution >= 0.6 is 11.5 Å². The molecule has 1 unspecified atom stereocenters. The Bertz CT molecular complexity index is 553. The highest BCUT2D eigenvalue weighted by Crippen LogP contribution is 2.29. The van der Waals surface area contributed by atoms with Crippen LogP contribution in [0.25, 0.3) is 0 Å². The second-order valence-electron chi connectivity index (χ2n) is 4.56. The molecule has 3 nitrogen and oxygen atoms in total. The molecule has 0 aliphatic rings. The third kappa shape index (κ3) is 2.98. The highest BCUT2D eigenvalue weighted by atomic mass is 32.1. The predicted octanol–water partition coefficient (Wildman–Crippen LogP) is 3.25. The van der Waals surface area contributed by atoms with Gasteiger partial charge in [-0.15, -0.1) is 5.10 Å². The van der Waals surface area contributed by atoms with Gasteiger partial charge >= 0.3 is 0 Å². The van der Waals surface area contributed by atoms with Crippen molar-refractivity contribution in [3.8, 4) is 0 Å². The van der Waals surface area contributed by atoms with E-state index in [2.05, 4.69) is 21.8 Å². The molecule has 2 aromatic rings. The average molecular weight is 279 g/mol. The summed E-state index contributed by atoms with van der Waals surface area (Å²) in [6.07, 6.45) is 1.93. The predicted molar refractivity (Wildman–Crippen MR) is 75.9 cm³/mol. The van der Waals surface area contributed by atoms with Crippen LogP contribution in [0.1, 0.15) is 41.1 Å². The largest absolute Gasteiger partial charge is 0.309 e. The molecule has 0 aliphatic heterocycles. The Hall–Kier alpha value is -1.33. The maximum absolute atomic E-state index is 13.5. The molecule has 1 aromatic carbocycles. The Morgan fingerprint density at radius 1 is 1.42 bits per heavy atom. The molecule has 19 heavy (non-hydrogen) atoms. The molecule has 0 bridgehead atoms. The van der Waals surface area contributed by atoms with Gasteiger partial charge in [0.1, 0.15) is 5.82 Å². The van der Waals surface area contributed by atoms with Gasteiger partial charge in [0.2, 0.25) is 0 Å². The maximum atomic E-state index is 13.5. The summed E-state index contributed by atoms with van der Waals surface area (Å²) in [5, 5.41) is 7.44. The summed E-state index contributed by atoms with van der Waals surface area (Å²) in [5.74, 6) is -0.213. The lowest BCUT2D eigenvalue weighted by molar-refractivity contribution is 0.615. The molecule has 0 saturated carbocycles. The third-order valence-corrected chi connectivity index (χ3v) is 4.01. The molecule has 0 aliphatic carbocycles. The number of aryl methyl sites for hydroxylation is 2. The van der Waals surface area contributed by atoms with Crippen molar-refractivity contribution < 1.29 is 4.39 Å². The summed E-state index contributed by atoms with van der Waals surface area (Å²) in [6.45, 7) is 4.11. The Labute approximate surface area is 117 Å². The third-order valence-electron chi connectivity index (χ3n) is 3.18. The Morgan fingerprint density at radius 3 is 2.89 bits per heavy atom. The van der Waals surface area contributed by atoms with Crippen LogP contribution in [0.4, 0.5) is 4.39 Å². The van der Waals surface area contributed by atoms with E-state index in [9.17, 15) is 4.39 Å². The van der Waals surface area contributed by atoms with Crippen molar-refractivity contribution >= 4 is 11.5 Å². The molecule has 0 spiro atoms. The SMILES string of the molecule is CCCc1nnsc1C(NC)c1cc(F)ccc1C. The summed E-state index contributed by atoms with van der Waals surface area (Å²) in [4.78, 5) is 1.08. The first-order chi connectivity index (χ1) is 9.17. The molecule has 1 heterocycles. The molecule has 0 saturated heterocycles. The molecule has 1 atom stereocenters. The number of nitrogens with one attached hydrogen (secondary N) is 1. The molecular formula is C14H18FN3S. The Balaban J connectivity index is 2.44. The summed E-state index contributed by atoms with van der Waals surface area (Å²) in [5.41, 5.74) is 3.03. The summed E-state index contributed by atoms with van der Waals surface area (Å²) >= 11 is 1.39. The lowest BCUT2D eigenvalue weighted by Gasteiger charge is -2.18. The van der Waals surface area contributed by atoms with Crippen molar-refractivity contribution in [1.29, 1.82) is 0 Å². The molecule has 0 amide bonds. The van der Waals surface area contributed by atoms with E-state index in [1.54, 1.807) is 6.07 Å². The van der Waals surface area contributed by atoms with E-state index < -0.39 is 0 Å². The van der Waals surface area contributed by atoms with Crippen LogP contribution in [-0.4, -0.2) is 16.6 Å². The fourth-order valence-corrected chi connectivity index (χ4v) is 3.02. The van der Waals surface area contributed by atoms with Crippen molar-refractivity contribution in [1.82, 2.24) is 14.9 Å². The lowest BCUT2D eigenvalue weighted by Crippen LogP contribution is -2.19. The molecule has 102 valence electrons. The topological polar surface area (TPSA) is 37.8 Å². The normalized spacial score (nSPS) is 12.6. The number of hydrogen-bond acceptors (Lipinski definition) is 4. The van der Waals surface area contributed by atoms with Crippen molar-refractivity contribution in [2.75, 3.05) is 7.05 Å². The van der Waals surface area contributed by atoms with E-state index >= 15 is 0 Å². The van der Waals surface area contributed by atoms with Crippen molar-refractivity contribution in [3.05, 3.63) is 45.7 Å². The van der Waals surface area contributed by atoms with E-state index in [1.165, 1.54) is 17.6 Å². The standard InChI is InChI=1S/C14H18FN3S/c1-4-5-12-14(19-18-17-12)13(16-3)11-8-10(15)7-6-9(11)2/h6-8,13,16H,4-5H2,1-3H3. The first kappa shape index (κ1) is 14.1. The van der Waals surface area contributed by atoms with Crippen LogP contribution in [0.5, 0.6) is 0 Å². The number of hydrogen-bond donors (Lipinski definition) is 1. The van der Waals surface area contributed by atoms with Crippen molar-refractivity contribution in [2.24, 2.45) is 0 Å². The number of nitrogens with zero attached hydrogens (tertiary/aromatic N) is 2. The zero-order valence-corrected chi connectivity index (χ0v) is 12.2. The first-order valence-corrected chi connectivity index (χ1v) is 7.19. The van der Waals surface area contributed by atoms with Gasteiger partial charge in [-0.2, -0.15) is 0 Å². The molecule has 0 radical (unpaired) electrons. The van der Waals surface area contributed by atoms with Gasteiger partial charge in [0.15, 0.2) is 0 Å². The second-order valence-corrected chi connectivity index (χ2v) is 5.34. The minimum Gasteiger partial charge on any atom is -0.309 e. The Kier molecular flexibility index (Phi) is 4.61. The van der Waals surface area contributed by atoms with Crippen LogP contribution in [-0.2, 0) is 6.42 Å². The van der Waals surface area contributed by atoms with Crippen LogP contribution < -0.4 is 5.32 Å². The Morgan fingerprint density at radius 2 is 2.21 bits per heavy atom. The highest BCUT2D eigenvalue weighted by molar-refractivity contribution is 7.05. The van der Waals surface area contributed by atoms with Crippen LogP contribution in [0, 0.1) is 12.7 Å². The highest BCUT2D eigenvalue weighted by Gasteiger charge is 2.21. The van der Waals surface area contributed by atoms with Gasteiger partial charge in [0.25, 0.3) is 0 Å². The van der Waals surface area contributed by atoms with E-state index in [4.69, 9.17) is 0 Å². The van der Waals surface area contributed by atoms with Crippen LogP contribution in [0.15, 0.2) is 18.2 Å². The maximum Gasteiger partial charge on any atom is 0.123 e. The zero-order valence-electron chi connectivity index (χ0n) is 11.4. The van der Waals surface area contributed by atoms with Crippen LogP contribution in [0.3, 0.4) is 0 Å². The van der Waals surface area contributed by atoms with E-state index in [-0.39, 0.29) is 11.9 Å². The van der Waals surface area contributed by atoms with E-state index in [1.807, 2.05) is 20.0 Å². The van der Waals surface area contributed by atoms with Gasteiger partial charge in [-0.3, -0.25) is 0 Å². The number of rotatable bonds is 5. The second kappa shape index (κ2) is 6.21. The number of benzene rings is 1. The summed E-state index contributed by atoms with van der Waals surface area (Å²) in [7, 11) is 1.88.